The van der Waals surface area contributed by atoms with Gasteiger partial charge in [-0.2, -0.15) is 0 Å². The van der Waals surface area contributed by atoms with Crippen LogP contribution in [-0.2, 0) is 9.53 Å². The van der Waals surface area contributed by atoms with Crippen LogP contribution in [0.4, 0.5) is 9.18 Å². The fraction of sp³-hybridized carbons (Fsp3) is 0.588. The van der Waals surface area contributed by atoms with Gasteiger partial charge in [-0.25, -0.2) is 9.18 Å². The van der Waals surface area contributed by atoms with Crippen molar-refractivity contribution in [1.29, 1.82) is 0 Å². The maximum atomic E-state index is 13.7. The van der Waals surface area contributed by atoms with Crippen molar-refractivity contribution in [3.8, 4) is 0 Å². The number of nitrogens with zero attached hydrogens (tertiary/aromatic N) is 1. The summed E-state index contributed by atoms with van der Waals surface area (Å²) >= 11 is 0. The quantitative estimate of drug-likeness (QED) is 0.899. The Bertz CT molecular complexity index is 579. The van der Waals surface area contributed by atoms with Crippen LogP contribution in [0.25, 0.3) is 0 Å². The third-order valence-corrected chi connectivity index (χ3v) is 3.26. The van der Waals surface area contributed by atoms with Gasteiger partial charge in [-0.15, -0.1) is 0 Å². The van der Waals surface area contributed by atoms with Gasteiger partial charge in [-0.3, -0.25) is 9.78 Å². The Kier molecular flexibility index (Phi) is 5.86. The third-order valence-electron chi connectivity index (χ3n) is 3.26. The number of hydrogen-bond acceptors (Lipinski definition) is 4. The molecule has 1 aromatic heterocycles. The Morgan fingerprint density at radius 3 is 2.43 bits per heavy atom. The maximum Gasteiger partial charge on any atom is 0.408 e. The number of halogens is 1. The van der Waals surface area contributed by atoms with Crippen molar-refractivity contribution in [2.45, 2.75) is 65.0 Å². The van der Waals surface area contributed by atoms with E-state index in [0.29, 0.717) is 0 Å². The highest BCUT2D eigenvalue weighted by atomic mass is 19.1. The van der Waals surface area contributed by atoms with E-state index in [4.69, 9.17) is 4.74 Å². The zero-order chi connectivity index (χ0) is 17.8. The summed E-state index contributed by atoms with van der Waals surface area (Å²) in [5.41, 5.74) is -1.51. The predicted molar refractivity (Wildman–Crippen MR) is 85.7 cm³/mol. The molecule has 0 aromatic carbocycles. The van der Waals surface area contributed by atoms with E-state index in [1.165, 1.54) is 18.3 Å². The van der Waals surface area contributed by atoms with E-state index in [-0.39, 0.29) is 23.8 Å². The number of pyridine rings is 1. The second-order valence-electron chi connectivity index (χ2n) is 7.15. The Hall–Kier alpha value is -1.98. The van der Waals surface area contributed by atoms with Crippen LogP contribution in [-0.4, -0.2) is 28.0 Å². The van der Waals surface area contributed by atoms with Crippen LogP contribution in [0.2, 0.25) is 0 Å². The van der Waals surface area contributed by atoms with Crippen molar-refractivity contribution >= 4 is 11.9 Å². The van der Waals surface area contributed by atoms with Crippen molar-refractivity contribution in [2.24, 2.45) is 0 Å². The molecule has 1 heterocycles. The van der Waals surface area contributed by atoms with Crippen LogP contribution >= 0.6 is 0 Å². The lowest BCUT2D eigenvalue weighted by atomic mass is 9.90. The summed E-state index contributed by atoms with van der Waals surface area (Å²) < 4.78 is 18.9. The van der Waals surface area contributed by atoms with Gasteiger partial charge in [0, 0.05) is 18.5 Å². The number of carbonyl (C=O) groups excluding carboxylic acids is 2. The minimum atomic E-state index is -1.11. The van der Waals surface area contributed by atoms with E-state index in [0.717, 1.165) is 0 Å². The van der Waals surface area contributed by atoms with E-state index < -0.39 is 23.1 Å². The number of ether oxygens (including phenoxy) is 1. The molecule has 6 heteroatoms. The van der Waals surface area contributed by atoms with Gasteiger partial charge in [-0.05, 0) is 46.8 Å². The molecular weight excluding hydrogens is 299 g/mol. The molecule has 0 fully saturated rings. The molecule has 128 valence electrons. The Labute approximate surface area is 136 Å². The first-order valence-electron chi connectivity index (χ1n) is 7.57. The summed E-state index contributed by atoms with van der Waals surface area (Å²) in [6, 6.07) is 2.81. The van der Waals surface area contributed by atoms with E-state index in [1.807, 2.05) is 0 Å². The van der Waals surface area contributed by atoms with Gasteiger partial charge in [-0.1, -0.05) is 6.92 Å². The predicted octanol–water partition coefficient (Wildman–Crippen LogP) is 3.59. The van der Waals surface area contributed by atoms with Gasteiger partial charge in [0.15, 0.2) is 5.78 Å². The first-order chi connectivity index (χ1) is 10.4. The molecule has 5 nitrogen and oxygen atoms in total. The lowest BCUT2D eigenvalue weighted by Gasteiger charge is -2.28. The average molecular weight is 324 g/mol. The van der Waals surface area contributed by atoms with Crippen LogP contribution in [0.5, 0.6) is 0 Å². The SMILES string of the molecule is CC(CC(=O)C(C)(C)NC(=O)OC(C)(C)C)c1ncccc1F. The molecule has 0 saturated heterocycles. The molecule has 1 aromatic rings. The molecule has 0 bridgehead atoms. The third kappa shape index (κ3) is 5.96. The second kappa shape index (κ2) is 7.06. The fourth-order valence-corrected chi connectivity index (χ4v) is 2.02. The summed E-state index contributed by atoms with van der Waals surface area (Å²) in [5, 5.41) is 2.56. The largest absolute Gasteiger partial charge is 0.444 e. The van der Waals surface area contributed by atoms with Gasteiger partial charge in [0.25, 0.3) is 0 Å². The molecular formula is C17H25FN2O3. The monoisotopic (exact) mass is 324 g/mol. The first-order valence-corrected chi connectivity index (χ1v) is 7.57. The van der Waals surface area contributed by atoms with Crippen LogP contribution in [0.1, 0.15) is 59.6 Å². The molecule has 1 unspecified atom stereocenters. The summed E-state index contributed by atoms with van der Waals surface area (Å²) in [5.74, 6) is -1.05. The van der Waals surface area contributed by atoms with Crippen LogP contribution < -0.4 is 5.32 Å². The lowest BCUT2D eigenvalue weighted by Crippen LogP contribution is -2.51. The molecule has 1 N–H and O–H groups in total. The van der Waals surface area contributed by atoms with E-state index in [9.17, 15) is 14.0 Å². The van der Waals surface area contributed by atoms with Crippen LogP contribution in [0.3, 0.4) is 0 Å². The fourth-order valence-electron chi connectivity index (χ4n) is 2.02. The first kappa shape index (κ1) is 19.1. The molecule has 1 atom stereocenters. The summed E-state index contributed by atoms with van der Waals surface area (Å²) in [6.07, 6.45) is 0.896. The van der Waals surface area contributed by atoms with Gasteiger partial charge in [0.1, 0.15) is 11.4 Å². The number of carbonyl (C=O) groups is 2. The van der Waals surface area contributed by atoms with Crippen LogP contribution in [0, 0.1) is 5.82 Å². The lowest BCUT2D eigenvalue weighted by molar-refractivity contribution is -0.124. The number of amides is 1. The minimum absolute atomic E-state index is 0.0662. The molecule has 0 saturated carbocycles. The highest BCUT2D eigenvalue weighted by Crippen LogP contribution is 2.23. The molecule has 0 radical (unpaired) electrons. The van der Waals surface area contributed by atoms with Gasteiger partial charge in [0.2, 0.25) is 0 Å². The Balaban J connectivity index is 2.72. The normalized spacial score (nSPS) is 13.3. The molecule has 0 spiro atoms. The Morgan fingerprint density at radius 2 is 1.91 bits per heavy atom. The maximum absolute atomic E-state index is 13.7. The number of ketones is 1. The summed E-state index contributed by atoms with van der Waals surface area (Å²) in [6.45, 7) is 10.2. The second-order valence-corrected chi connectivity index (χ2v) is 7.15. The zero-order valence-corrected chi connectivity index (χ0v) is 14.6. The number of Topliss-reactive ketones (excluding diaryl/α,β-unsaturated/α-hetero) is 1. The van der Waals surface area contributed by atoms with Crippen molar-refractivity contribution in [2.75, 3.05) is 0 Å². The van der Waals surface area contributed by atoms with E-state index in [1.54, 1.807) is 41.5 Å². The highest BCUT2D eigenvalue weighted by molar-refractivity contribution is 5.91. The van der Waals surface area contributed by atoms with Crippen LogP contribution in [0.15, 0.2) is 18.3 Å². The molecule has 1 amide bonds. The van der Waals surface area contributed by atoms with Crippen molar-refractivity contribution < 1.29 is 18.7 Å². The average Bonchev–Trinajstić information content (AvgIpc) is 2.35. The van der Waals surface area contributed by atoms with Crippen molar-refractivity contribution in [3.63, 3.8) is 0 Å². The smallest absolute Gasteiger partial charge is 0.408 e. The summed E-state index contributed by atoms with van der Waals surface area (Å²) in [7, 11) is 0. The minimum Gasteiger partial charge on any atom is -0.444 e. The zero-order valence-electron chi connectivity index (χ0n) is 14.6. The molecule has 0 aliphatic heterocycles. The number of hydrogen-bond donors (Lipinski definition) is 1. The van der Waals surface area contributed by atoms with E-state index >= 15 is 0 Å². The Morgan fingerprint density at radius 1 is 1.30 bits per heavy atom. The number of nitrogens with one attached hydrogen (secondary N) is 1. The highest BCUT2D eigenvalue weighted by Gasteiger charge is 2.32. The molecule has 1 rings (SSSR count). The van der Waals surface area contributed by atoms with Gasteiger partial charge < -0.3 is 10.1 Å². The molecule has 23 heavy (non-hydrogen) atoms. The topological polar surface area (TPSA) is 68.3 Å². The number of alkyl carbamates (subject to hydrolysis) is 1. The van der Waals surface area contributed by atoms with Crippen molar-refractivity contribution in [3.05, 3.63) is 29.8 Å². The number of aromatic nitrogens is 1. The molecule has 0 aliphatic carbocycles. The molecule has 0 aliphatic rings. The van der Waals surface area contributed by atoms with Gasteiger partial charge in [0.05, 0.1) is 11.2 Å². The summed E-state index contributed by atoms with van der Waals surface area (Å²) in [4.78, 5) is 28.3. The number of rotatable bonds is 5. The van der Waals surface area contributed by atoms with E-state index in [2.05, 4.69) is 10.3 Å². The van der Waals surface area contributed by atoms with Crippen molar-refractivity contribution in [1.82, 2.24) is 10.3 Å². The standard InChI is InChI=1S/C17H25FN2O3/c1-11(14-12(18)8-7-9-19-14)10-13(21)17(5,6)20-15(22)23-16(2,3)4/h7-9,11H,10H2,1-6H3,(H,20,22). The van der Waals surface area contributed by atoms with Gasteiger partial charge >= 0.3 is 6.09 Å².